The van der Waals surface area contributed by atoms with Crippen molar-refractivity contribution in [1.82, 2.24) is 20.1 Å². The number of aliphatic hydroxyl groups excluding tert-OH is 1. The van der Waals surface area contributed by atoms with Gasteiger partial charge in [-0.3, -0.25) is 4.79 Å². The van der Waals surface area contributed by atoms with Crippen molar-refractivity contribution in [2.45, 2.75) is 37.9 Å². The monoisotopic (exact) mass is 461 g/mol. The number of aromatic nitrogens is 3. The quantitative estimate of drug-likeness (QED) is 0.526. The molecule has 2 N–H and O–H groups in total. The third-order valence-electron chi connectivity index (χ3n) is 5.57. The van der Waals surface area contributed by atoms with E-state index in [1.807, 2.05) is 18.0 Å². The molecule has 2 heterocycles. The Balaban J connectivity index is 1.76. The summed E-state index contributed by atoms with van der Waals surface area (Å²) in [7, 11) is 1.91. The van der Waals surface area contributed by atoms with E-state index < -0.39 is 6.36 Å². The number of carbonyl (C=O) groups excluding carboxylic acids is 1. The van der Waals surface area contributed by atoms with E-state index in [1.165, 1.54) is 28.9 Å². The van der Waals surface area contributed by atoms with Crippen molar-refractivity contribution >= 4 is 22.6 Å². The van der Waals surface area contributed by atoms with Crippen LogP contribution in [0.2, 0.25) is 0 Å². The van der Waals surface area contributed by atoms with E-state index in [4.69, 9.17) is 0 Å². The van der Waals surface area contributed by atoms with Gasteiger partial charge >= 0.3 is 6.36 Å². The van der Waals surface area contributed by atoms with Gasteiger partial charge in [0.15, 0.2) is 5.65 Å². The van der Waals surface area contributed by atoms with Crippen molar-refractivity contribution in [3.8, 4) is 11.4 Å². The maximum atomic E-state index is 12.5. The van der Waals surface area contributed by atoms with E-state index in [9.17, 15) is 23.1 Å². The Labute approximate surface area is 187 Å². The lowest BCUT2D eigenvalue weighted by Gasteiger charge is -2.40. The third kappa shape index (κ3) is 4.77. The highest BCUT2D eigenvalue weighted by atomic mass is 19.4. The number of ether oxygens (including phenoxy) is 1. The fraction of sp³-hybridized carbons (Fsp3) is 0.318. The first-order chi connectivity index (χ1) is 15.7. The van der Waals surface area contributed by atoms with Crippen LogP contribution in [0.25, 0.3) is 16.7 Å². The zero-order valence-electron chi connectivity index (χ0n) is 17.7. The van der Waals surface area contributed by atoms with E-state index in [0.29, 0.717) is 35.3 Å². The van der Waals surface area contributed by atoms with Crippen LogP contribution < -0.4 is 15.0 Å². The molecule has 1 amide bonds. The Hall–Kier alpha value is -3.60. The molecule has 33 heavy (non-hydrogen) atoms. The van der Waals surface area contributed by atoms with Gasteiger partial charge in [-0.15, -0.1) is 13.2 Å². The standard InChI is InChI=1S/C22H22F3N5O3/c1-3-19(32)27-12-17-20-18(29(2)14-10-15(31)11-14)8-9-26-21(20)30(28-17)13-4-6-16(7-5-13)33-22(23,24)25/h3-9,14-15,31H,1,10-12H2,2H3,(H,27,32). The Morgan fingerprint density at radius 3 is 2.64 bits per heavy atom. The molecule has 11 heteroatoms. The molecule has 1 aliphatic rings. The van der Waals surface area contributed by atoms with Crippen molar-refractivity contribution in [2.75, 3.05) is 11.9 Å². The van der Waals surface area contributed by atoms with Gasteiger partial charge in [-0.1, -0.05) is 6.58 Å². The largest absolute Gasteiger partial charge is 0.573 e. The second-order valence-corrected chi connectivity index (χ2v) is 7.74. The molecule has 0 atom stereocenters. The highest BCUT2D eigenvalue weighted by molar-refractivity contribution is 5.94. The van der Waals surface area contributed by atoms with E-state index >= 15 is 0 Å². The minimum atomic E-state index is -4.79. The molecule has 0 spiro atoms. The number of hydrogen-bond acceptors (Lipinski definition) is 6. The SMILES string of the molecule is C=CC(=O)NCc1nn(-c2ccc(OC(F)(F)F)cc2)c2nccc(N(C)C3CC(O)C3)c12. The summed E-state index contributed by atoms with van der Waals surface area (Å²) < 4.78 is 42.9. The predicted octanol–water partition coefficient (Wildman–Crippen LogP) is 3.08. The number of fused-ring (bicyclic) bond motifs is 1. The van der Waals surface area contributed by atoms with Crippen LogP contribution in [0, 0.1) is 0 Å². The number of nitrogens with zero attached hydrogens (tertiary/aromatic N) is 4. The normalized spacial score (nSPS) is 18.0. The van der Waals surface area contributed by atoms with E-state index in [2.05, 4.69) is 26.7 Å². The number of halogens is 3. The number of benzene rings is 1. The van der Waals surface area contributed by atoms with E-state index in [0.717, 1.165) is 11.8 Å². The van der Waals surface area contributed by atoms with Crippen LogP contribution in [0.5, 0.6) is 5.75 Å². The lowest BCUT2D eigenvalue weighted by Crippen LogP contribution is -2.45. The van der Waals surface area contributed by atoms with Gasteiger partial charge in [-0.2, -0.15) is 5.10 Å². The van der Waals surface area contributed by atoms with E-state index in [-0.39, 0.29) is 30.3 Å². The molecule has 0 radical (unpaired) electrons. The molecule has 1 aromatic carbocycles. The highest BCUT2D eigenvalue weighted by Crippen LogP contribution is 2.35. The molecule has 0 unspecified atom stereocenters. The number of amides is 1. The molecule has 1 fully saturated rings. The minimum Gasteiger partial charge on any atom is -0.406 e. The maximum absolute atomic E-state index is 12.5. The summed E-state index contributed by atoms with van der Waals surface area (Å²) in [6.45, 7) is 3.54. The van der Waals surface area contributed by atoms with Crippen LogP contribution in [0.3, 0.4) is 0 Å². The van der Waals surface area contributed by atoms with Crippen LogP contribution in [0.15, 0.2) is 49.2 Å². The molecule has 0 aliphatic heterocycles. The van der Waals surface area contributed by atoms with Crippen molar-refractivity contribution in [2.24, 2.45) is 0 Å². The number of anilines is 1. The second-order valence-electron chi connectivity index (χ2n) is 7.74. The lowest BCUT2D eigenvalue weighted by molar-refractivity contribution is -0.274. The lowest BCUT2D eigenvalue weighted by atomic mass is 9.88. The van der Waals surface area contributed by atoms with Crippen LogP contribution >= 0.6 is 0 Å². The average molecular weight is 461 g/mol. The van der Waals surface area contributed by atoms with Gasteiger partial charge in [-0.25, -0.2) is 9.67 Å². The van der Waals surface area contributed by atoms with Gasteiger partial charge in [0, 0.05) is 19.3 Å². The second kappa shape index (κ2) is 8.74. The molecule has 8 nitrogen and oxygen atoms in total. The van der Waals surface area contributed by atoms with Crippen LogP contribution in [-0.4, -0.2) is 51.3 Å². The topological polar surface area (TPSA) is 92.5 Å². The summed E-state index contributed by atoms with van der Waals surface area (Å²) in [5.41, 5.74) is 2.31. The number of aliphatic hydroxyl groups is 1. The summed E-state index contributed by atoms with van der Waals surface area (Å²) in [5, 5.41) is 17.7. The molecule has 2 aromatic heterocycles. The van der Waals surface area contributed by atoms with Crippen molar-refractivity contribution in [1.29, 1.82) is 0 Å². The predicted molar refractivity (Wildman–Crippen MR) is 115 cm³/mol. The fourth-order valence-corrected chi connectivity index (χ4v) is 3.80. The first kappa shape index (κ1) is 22.6. The molecule has 3 aromatic rings. The smallest absolute Gasteiger partial charge is 0.406 e. The Bertz CT molecular complexity index is 1170. The number of carbonyl (C=O) groups is 1. The Kier molecular flexibility index (Phi) is 5.98. The molecular formula is C22H22F3N5O3. The van der Waals surface area contributed by atoms with Gasteiger partial charge < -0.3 is 20.1 Å². The number of pyridine rings is 1. The zero-order chi connectivity index (χ0) is 23.8. The number of nitrogens with one attached hydrogen (secondary N) is 1. The Morgan fingerprint density at radius 2 is 2.03 bits per heavy atom. The van der Waals surface area contributed by atoms with Crippen molar-refractivity contribution in [3.05, 3.63) is 54.9 Å². The van der Waals surface area contributed by atoms with Gasteiger partial charge in [0.1, 0.15) is 5.75 Å². The summed E-state index contributed by atoms with van der Waals surface area (Å²) in [6, 6.07) is 7.25. The van der Waals surface area contributed by atoms with Crippen LogP contribution in [-0.2, 0) is 11.3 Å². The summed E-state index contributed by atoms with van der Waals surface area (Å²) >= 11 is 0. The van der Waals surface area contributed by atoms with Gasteiger partial charge in [0.25, 0.3) is 0 Å². The van der Waals surface area contributed by atoms with Gasteiger partial charge in [0.05, 0.1) is 35.1 Å². The average Bonchev–Trinajstić information content (AvgIpc) is 3.13. The first-order valence-electron chi connectivity index (χ1n) is 10.2. The highest BCUT2D eigenvalue weighted by Gasteiger charge is 2.33. The first-order valence-corrected chi connectivity index (χ1v) is 10.2. The summed E-state index contributed by atoms with van der Waals surface area (Å²) in [4.78, 5) is 18.2. The molecule has 1 saturated carbocycles. The zero-order valence-corrected chi connectivity index (χ0v) is 17.7. The minimum absolute atomic E-state index is 0.101. The number of hydrogen-bond donors (Lipinski definition) is 2. The number of rotatable bonds is 7. The van der Waals surface area contributed by atoms with Gasteiger partial charge in [-0.05, 0) is 49.2 Å². The molecular weight excluding hydrogens is 439 g/mol. The third-order valence-corrected chi connectivity index (χ3v) is 5.57. The van der Waals surface area contributed by atoms with Crippen molar-refractivity contribution in [3.63, 3.8) is 0 Å². The fourth-order valence-electron chi connectivity index (χ4n) is 3.80. The maximum Gasteiger partial charge on any atom is 0.573 e. The van der Waals surface area contributed by atoms with Crippen molar-refractivity contribution < 1.29 is 27.8 Å². The number of alkyl halides is 3. The molecule has 0 bridgehead atoms. The van der Waals surface area contributed by atoms with Crippen LogP contribution in [0.4, 0.5) is 18.9 Å². The molecule has 1 aliphatic carbocycles. The van der Waals surface area contributed by atoms with E-state index in [1.54, 1.807) is 6.20 Å². The molecule has 174 valence electrons. The van der Waals surface area contributed by atoms with Crippen LogP contribution in [0.1, 0.15) is 18.5 Å². The molecule has 0 saturated heterocycles. The summed E-state index contributed by atoms with van der Waals surface area (Å²) in [6.07, 6.45) is -1.07. The Morgan fingerprint density at radius 1 is 1.33 bits per heavy atom. The van der Waals surface area contributed by atoms with Gasteiger partial charge in [0.2, 0.25) is 5.91 Å². The summed E-state index contributed by atoms with van der Waals surface area (Å²) in [5.74, 6) is -0.717. The molecule has 4 rings (SSSR count).